The van der Waals surface area contributed by atoms with E-state index in [0.717, 1.165) is 37.0 Å². The third-order valence-electron chi connectivity index (χ3n) is 5.40. The molecule has 0 N–H and O–H groups in total. The van der Waals surface area contributed by atoms with Gasteiger partial charge in [0, 0.05) is 6.42 Å². The highest BCUT2D eigenvalue weighted by atomic mass is 16.6. The maximum absolute atomic E-state index is 11.5. The van der Waals surface area contributed by atoms with Crippen molar-refractivity contribution in [2.24, 2.45) is 0 Å². The van der Waals surface area contributed by atoms with Crippen LogP contribution in [0.25, 0.3) is 0 Å². The van der Waals surface area contributed by atoms with Gasteiger partial charge in [-0.1, -0.05) is 31.9 Å². The first-order chi connectivity index (χ1) is 13.2. The van der Waals surface area contributed by atoms with Gasteiger partial charge in [-0.3, -0.25) is 4.79 Å². The van der Waals surface area contributed by atoms with Crippen molar-refractivity contribution in [3.05, 3.63) is 29.8 Å². The van der Waals surface area contributed by atoms with Crippen molar-refractivity contribution in [2.45, 2.75) is 82.7 Å². The molecule has 2 saturated heterocycles. The summed E-state index contributed by atoms with van der Waals surface area (Å²) in [5, 5.41) is 0. The van der Waals surface area contributed by atoms with E-state index in [1.807, 2.05) is 12.1 Å². The number of hydrogen-bond donors (Lipinski definition) is 0. The van der Waals surface area contributed by atoms with Crippen molar-refractivity contribution in [1.82, 2.24) is 0 Å². The molecule has 27 heavy (non-hydrogen) atoms. The van der Waals surface area contributed by atoms with Gasteiger partial charge in [-0.05, 0) is 43.4 Å². The minimum absolute atomic E-state index is 0.0159. The van der Waals surface area contributed by atoms with E-state index >= 15 is 0 Å². The van der Waals surface area contributed by atoms with Crippen LogP contribution in [0.15, 0.2) is 24.3 Å². The van der Waals surface area contributed by atoms with E-state index in [9.17, 15) is 4.79 Å². The lowest BCUT2D eigenvalue weighted by Gasteiger charge is -2.30. The zero-order valence-corrected chi connectivity index (χ0v) is 16.5. The average molecular weight is 376 g/mol. The fourth-order valence-corrected chi connectivity index (χ4v) is 3.75. The Labute approximate surface area is 162 Å². The first kappa shape index (κ1) is 20.2. The van der Waals surface area contributed by atoms with Crippen molar-refractivity contribution >= 4 is 5.97 Å². The van der Waals surface area contributed by atoms with Crippen LogP contribution in [0.1, 0.15) is 70.0 Å². The third kappa shape index (κ3) is 6.22. The predicted molar refractivity (Wildman–Crippen MR) is 103 cm³/mol. The number of ether oxygens (including phenoxy) is 4. The van der Waals surface area contributed by atoms with Gasteiger partial charge >= 0.3 is 5.97 Å². The summed E-state index contributed by atoms with van der Waals surface area (Å²) < 4.78 is 22.5. The molecule has 0 saturated carbocycles. The number of unbranched alkanes of at least 4 members (excludes halogenated alkanes) is 1. The lowest BCUT2D eigenvalue weighted by atomic mass is 9.97. The molecule has 4 atom stereocenters. The average Bonchev–Trinajstić information content (AvgIpc) is 3.45. The molecule has 2 heterocycles. The molecule has 0 bridgehead atoms. The van der Waals surface area contributed by atoms with Crippen LogP contribution in [-0.4, -0.2) is 38.0 Å². The molecule has 3 rings (SSSR count). The Hall–Kier alpha value is -1.59. The second-order valence-corrected chi connectivity index (χ2v) is 7.52. The van der Waals surface area contributed by atoms with Crippen LogP contribution >= 0.6 is 0 Å². The second-order valence-electron chi connectivity index (χ2n) is 7.52. The van der Waals surface area contributed by atoms with Gasteiger partial charge in [0.25, 0.3) is 0 Å². The normalized spacial score (nSPS) is 27.2. The van der Waals surface area contributed by atoms with Gasteiger partial charge < -0.3 is 18.9 Å². The number of esters is 1. The van der Waals surface area contributed by atoms with Gasteiger partial charge in [0.15, 0.2) is 0 Å². The van der Waals surface area contributed by atoms with E-state index in [2.05, 4.69) is 19.1 Å². The van der Waals surface area contributed by atoms with E-state index in [0.29, 0.717) is 25.2 Å². The van der Waals surface area contributed by atoms with E-state index in [-0.39, 0.29) is 18.2 Å². The molecule has 2 aliphatic heterocycles. The first-order valence-corrected chi connectivity index (χ1v) is 10.3. The van der Waals surface area contributed by atoms with Gasteiger partial charge in [0.05, 0.1) is 44.6 Å². The van der Waals surface area contributed by atoms with Gasteiger partial charge in [-0.15, -0.1) is 0 Å². The van der Waals surface area contributed by atoms with E-state index in [1.54, 1.807) is 0 Å². The van der Waals surface area contributed by atoms with Crippen LogP contribution in [-0.2, 0) is 19.0 Å². The van der Waals surface area contributed by atoms with Crippen LogP contribution in [0.2, 0.25) is 0 Å². The molecule has 2 fully saturated rings. The molecule has 150 valence electrons. The quantitative estimate of drug-likeness (QED) is 0.442. The largest absolute Gasteiger partial charge is 0.493 e. The van der Waals surface area contributed by atoms with Crippen LogP contribution in [0.3, 0.4) is 0 Å². The van der Waals surface area contributed by atoms with Crippen molar-refractivity contribution in [3.8, 4) is 5.75 Å². The molecule has 0 aliphatic carbocycles. The maximum Gasteiger partial charge on any atom is 0.308 e. The highest BCUT2D eigenvalue weighted by Gasteiger charge is 2.37. The molecule has 5 heteroatoms. The minimum Gasteiger partial charge on any atom is -0.493 e. The number of methoxy groups -OCH3 is 1. The Kier molecular flexibility index (Phi) is 7.53. The molecule has 0 amide bonds. The van der Waals surface area contributed by atoms with Crippen molar-refractivity contribution in [1.29, 1.82) is 0 Å². The number of epoxide rings is 1. The van der Waals surface area contributed by atoms with E-state index < -0.39 is 0 Å². The van der Waals surface area contributed by atoms with Gasteiger partial charge in [0.1, 0.15) is 5.75 Å². The Bertz CT molecular complexity index is 602. The summed E-state index contributed by atoms with van der Waals surface area (Å²) in [6.45, 7) is 2.88. The Morgan fingerprint density at radius 3 is 2.85 bits per heavy atom. The molecule has 0 radical (unpaired) electrons. The standard InChI is InChI=1S/C22H32O5/c1-3-4-10-20-21(27-20)12-13-25-17-8-5-7-16(14-17)19-11-6-9-18(26-19)15-22(23)24-2/h5,7-8,14,18-21H,3-4,6,9-13,15H2,1-2H3/t18-,19+,20+,21-/m0/s1. The number of benzene rings is 1. The van der Waals surface area contributed by atoms with Crippen LogP contribution in [0.5, 0.6) is 5.75 Å². The van der Waals surface area contributed by atoms with Gasteiger partial charge in [-0.2, -0.15) is 0 Å². The number of rotatable bonds is 10. The fraction of sp³-hybridized carbons (Fsp3) is 0.682. The highest BCUT2D eigenvalue weighted by Crippen LogP contribution is 2.34. The molecule has 2 aliphatic rings. The van der Waals surface area contributed by atoms with E-state index in [1.165, 1.54) is 26.4 Å². The SMILES string of the molecule is CCCC[C@H]1O[C@H]1CCOc1cccc([C@H]2CCC[C@@H](CC(=O)OC)O2)c1. The topological polar surface area (TPSA) is 57.3 Å². The molecule has 0 spiro atoms. The number of hydrogen-bond acceptors (Lipinski definition) is 5. The van der Waals surface area contributed by atoms with Crippen LogP contribution in [0.4, 0.5) is 0 Å². The summed E-state index contributed by atoms with van der Waals surface area (Å²) >= 11 is 0. The van der Waals surface area contributed by atoms with Gasteiger partial charge in [-0.25, -0.2) is 0 Å². The third-order valence-corrected chi connectivity index (χ3v) is 5.40. The first-order valence-electron chi connectivity index (χ1n) is 10.3. The molecule has 1 aromatic carbocycles. The van der Waals surface area contributed by atoms with Crippen molar-refractivity contribution in [3.63, 3.8) is 0 Å². The Morgan fingerprint density at radius 1 is 1.19 bits per heavy atom. The summed E-state index contributed by atoms with van der Waals surface area (Å²) in [7, 11) is 1.42. The fourth-order valence-electron chi connectivity index (χ4n) is 3.75. The molecular formula is C22H32O5. The Balaban J connectivity index is 1.45. The summed E-state index contributed by atoms with van der Waals surface area (Å²) in [6.07, 6.45) is 8.60. The maximum atomic E-state index is 11.5. The van der Waals surface area contributed by atoms with E-state index in [4.69, 9.17) is 18.9 Å². The molecule has 0 unspecified atom stereocenters. The van der Waals surface area contributed by atoms with Crippen LogP contribution < -0.4 is 4.74 Å². The number of carbonyl (C=O) groups is 1. The highest BCUT2D eigenvalue weighted by molar-refractivity contribution is 5.69. The molecule has 5 nitrogen and oxygen atoms in total. The second kappa shape index (κ2) is 10.1. The lowest BCUT2D eigenvalue weighted by molar-refractivity contribution is -0.147. The van der Waals surface area contributed by atoms with Crippen molar-refractivity contribution < 1.29 is 23.7 Å². The molecule has 0 aromatic heterocycles. The molecular weight excluding hydrogens is 344 g/mol. The lowest BCUT2D eigenvalue weighted by Crippen LogP contribution is -2.25. The minimum atomic E-state index is -0.211. The van der Waals surface area contributed by atoms with Crippen LogP contribution in [0, 0.1) is 0 Å². The smallest absolute Gasteiger partial charge is 0.308 e. The number of carbonyl (C=O) groups excluding carboxylic acids is 1. The zero-order valence-electron chi connectivity index (χ0n) is 16.5. The molecule has 1 aromatic rings. The summed E-state index contributed by atoms with van der Waals surface area (Å²) in [4.78, 5) is 11.5. The summed E-state index contributed by atoms with van der Waals surface area (Å²) in [6, 6.07) is 8.13. The Morgan fingerprint density at radius 2 is 2.04 bits per heavy atom. The summed E-state index contributed by atoms with van der Waals surface area (Å²) in [5.74, 6) is 0.661. The van der Waals surface area contributed by atoms with Crippen molar-refractivity contribution in [2.75, 3.05) is 13.7 Å². The van der Waals surface area contributed by atoms with Gasteiger partial charge in [0.2, 0.25) is 0 Å². The zero-order chi connectivity index (χ0) is 19.1. The monoisotopic (exact) mass is 376 g/mol. The predicted octanol–water partition coefficient (Wildman–Crippen LogP) is 4.59. The summed E-state index contributed by atoms with van der Waals surface area (Å²) in [5.41, 5.74) is 1.12.